The van der Waals surface area contributed by atoms with E-state index in [2.05, 4.69) is 15.3 Å². The molecular formula is C10H12N4O2. The van der Waals surface area contributed by atoms with Crippen molar-refractivity contribution in [3.8, 4) is 6.07 Å². The molecule has 0 aromatic carbocycles. The van der Waals surface area contributed by atoms with E-state index in [0.717, 1.165) is 6.42 Å². The molecule has 1 aromatic heterocycles. The highest BCUT2D eigenvalue weighted by atomic mass is 16.7. The maximum absolute atomic E-state index is 8.81. The number of anilines is 1. The van der Waals surface area contributed by atoms with Crippen LogP contribution in [-0.4, -0.2) is 36.0 Å². The van der Waals surface area contributed by atoms with Crippen LogP contribution in [0.25, 0.3) is 0 Å². The Labute approximate surface area is 93.2 Å². The van der Waals surface area contributed by atoms with E-state index in [1.807, 2.05) is 6.07 Å². The molecule has 0 amide bonds. The minimum absolute atomic E-state index is 0.0994. The zero-order valence-electron chi connectivity index (χ0n) is 8.72. The first kappa shape index (κ1) is 10.8. The summed E-state index contributed by atoms with van der Waals surface area (Å²) in [6.07, 6.45) is 3.99. The molecule has 0 radical (unpaired) electrons. The van der Waals surface area contributed by atoms with Gasteiger partial charge in [0.1, 0.15) is 12.9 Å². The molecule has 0 bridgehead atoms. The zero-order valence-corrected chi connectivity index (χ0v) is 8.72. The summed E-state index contributed by atoms with van der Waals surface area (Å²) >= 11 is 0. The van der Waals surface area contributed by atoms with Gasteiger partial charge in [-0.1, -0.05) is 0 Å². The molecule has 1 atom stereocenters. The Morgan fingerprint density at radius 1 is 1.50 bits per heavy atom. The second kappa shape index (κ2) is 5.39. The van der Waals surface area contributed by atoms with Crippen LogP contribution in [0.1, 0.15) is 12.1 Å². The van der Waals surface area contributed by atoms with Crippen LogP contribution in [0.3, 0.4) is 0 Å². The van der Waals surface area contributed by atoms with Crippen LogP contribution >= 0.6 is 0 Å². The van der Waals surface area contributed by atoms with Gasteiger partial charge < -0.3 is 14.8 Å². The van der Waals surface area contributed by atoms with Gasteiger partial charge in [-0.2, -0.15) is 5.26 Å². The van der Waals surface area contributed by atoms with Crippen molar-refractivity contribution < 1.29 is 9.47 Å². The number of rotatable bonds is 3. The third-order valence-corrected chi connectivity index (χ3v) is 2.27. The molecular weight excluding hydrogens is 208 g/mol. The molecule has 6 heteroatoms. The Morgan fingerprint density at radius 3 is 3.12 bits per heavy atom. The lowest BCUT2D eigenvalue weighted by Gasteiger charge is -2.23. The fourth-order valence-corrected chi connectivity index (χ4v) is 1.42. The van der Waals surface area contributed by atoms with E-state index in [4.69, 9.17) is 14.7 Å². The topological polar surface area (TPSA) is 80.1 Å². The number of hydrogen-bond donors (Lipinski definition) is 1. The van der Waals surface area contributed by atoms with Crippen LogP contribution in [-0.2, 0) is 9.47 Å². The summed E-state index contributed by atoms with van der Waals surface area (Å²) in [6, 6.07) is 1.98. The summed E-state index contributed by atoms with van der Waals surface area (Å²) in [5.74, 6) is 0.500. The number of ether oxygens (including phenoxy) is 2. The number of nitrogens with one attached hydrogen (secondary N) is 1. The summed E-state index contributed by atoms with van der Waals surface area (Å²) < 4.78 is 10.4. The second-order valence-corrected chi connectivity index (χ2v) is 3.35. The van der Waals surface area contributed by atoms with Crippen LogP contribution in [0.2, 0.25) is 0 Å². The second-order valence-electron chi connectivity index (χ2n) is 3.35. The molecule has 1 saturated heterocycles. The molecule has 1 aliphatic rings. The van der Waals surface area contributed by atoms with Gasteiger partial charge in [0.05, 0.1) is 12.7 Å². The van der Waals surface area contributed by atoms with Gasteiger partial charge in [-0.25, -0.2) is 9.97 Å². The summed E-state index contributed by atoms with van der Waals surface area (Å²) in [6.45, 7) is 1.65. The van der Waals surface area contributed by atoms with Crippen molar-refractivity contribution in [3.63, 3.8) is 0 Å². The fraction of sp³-hybridized carbons (Fsp3) is 0.500. The first-order chi connectivity index (χ1) is 7.90. The van der Waals surface area contributed by atoms with E-state index in [0.29, 0.717) is 31.5 Å². The molecule has 1 fully saturated rings. The maximum atomic E-state index is 8.81. The minimum atomic E-state index is 0.0994. The average molecular weight is 220 g/mol. The first-order valence-corrected chi connectivity index (χ1v) is 5.04. The van der Waals surface area contributed by atoms with Crippen molar-refractivity contribution in [1.29, 1.82) is 5.26 Å². The molecule has 1 aromatic rings. The lowest BCUT2D eigenvalue weighted by Crippen LogP contribution is -2.30. The fourth-order valence-electron chi connectivity index (χ4n) is 1.42. The van der Waals surface area contributed by atoms with Crippen LogP contribution < -0.4 is 5.32 Å². The Hall–Kier alpha value is -1.71. The monoisotopic (exact) mass is 220 g/mol. The number of aromatic nitrogens is 2. The summed E-state index contributed by atoms with van der Waals surface area (Å²) in [7, 11) is 0. The molecule has 84 valence electrons. The van der Waals surface area contributed by atoms with Crippen molar-refractivity contribution >= 4 is 5.82 Å². The lowest BCUT2D eigenvalue weighted by molar-refractivity contribution is -0.133. The highest BCUT2D eigenvalue weighted by molar-refractivity contribution is 5.46. The lowest BCUT2D eigenvalue weighted by atomic mass is 10.2. The molecule has 0 saturated carbocycles. The Kier molecular flexibility index (Phi) is 3.64. The minimum Gasteiger partial charge on any atom is -0.365 e. The van der Waals surface area contributed by atoms with Crippen molar-refractivity contribution in [3.05, 3.63) is 18.1 Å². The Bertz CT molecular complexity index is 385. The van der Waals surface area contributed by atoms with E-state index in [9.17, 15) is 0 Å². The molecule has 1 aliphatic heterocycles. The van der Waals surface area contributed by atoms with Crippen LogP contribution in [0.5, 0.6) is 0 Å². The van der Waals surface area contributed by atoms with Gasteiger partial charge in [-0.05, 0) is 6.42 Å². The van der Waals surface area contributed by atoms with Gasteiger partial charge in [-0.3, -0.25) is 0 Å². The van der Waals surface area contributed by atoms with E-state index >= 15 is 0 Å². The zero-order chi connectivity index (χ0) is 11.2. The van der Waals surface area contributed by atoms with E-state index < -0.39 is 0 Å². The Morgan fingerprint density at radius 2 is 2.38 bits per heavy atom. The Balaban J connectivity index is 1.91. The summed E-state index contributed by atoms with van der Waals surface area (Å²) in [5, 5.41) is 11.9. The van der Waals surface area contributed by atoms with Gasteiger partial charge in [0, 0.05) is 18.9 Å². The van der Waals surface area contributed by atoms with Crippen molar-refractivity contribution in [1.82, 2.24) is 9.97 Å². The molecule has 0 aliphatic carbocycles. The van der Waals surface area contributed by atoms with Crippen LogP contribution in [0, 0.1) is 11.3 Å². The van der Waals surface area contributed by atoms with E-state index in [-0.39, 0.29) is 6.10 Å². The molecule has 2 rings (SSSR count). The van der Waals surface area contributed by atoms with Crippen molar-refractivity contribution in [2.45, 2.75) is 12.5 Å². The van der Waals surface area contributed by atoms with Gasteiger partial charge in [0.15, 0.2) is 11.5 Å². The molecule has 1 N–H and O–H groups in total. The van der Waals surface area contributed by atoms with Crippen molar-refractivity contribution in [2.75, 3.05) is 25.3 Å². The highest BCUT2D eigenvalue weighted by Gasteiger charge is 2.14. The normalized spacial score (nSPS) is 20.1. The predicted octanol–water partition coefficient (Wildman–Crippen LogP) is 0.523. The quantitative estimate of drug-likeness (QED) is 0.800. The molecule has 16 heavy (non-hydrogen) atoms. The molecule has 0 spiro atoms. The molecule has 6 nitrogen and oxygen atoms in total. The largest absolute Gasteiger partial charge is 0.365 e. The van der Waals surface area contributed by atoms with Gasteiger partial charge in [0.25, 0.3) is 0 Å². The van der Waals surface area contributed by atoms with Crippen molar-refractivity contribution in [2.24, 2.45) is 0 Å². The maximum Gasteiger partial charge on any atom is 0.182 e. The van der Waals surface area contributed by atoms with Crippen LogP contribution in [0.4, 0.5) is 5.82 Å². The third-order valence-electron chi connectivity index (χ3n) is 2.27. The predicted molar refractivity (Wildman–Crippen MR) is 55.5 cm³/mol. The summed E-state index contributed by atoms with van der Waals surface area (Å²) in [5.41, 5.74) is 0.301. The SMILES string of the molecule is N#Cc1nccnc1NC[C@@H]1CCOCO1. The third kappa shape index (κ3) is 2.66. The average Bonchev–Trinajstić information content (AvgIpc) is 2.38. The van der Waals surface area contributed by atoms with E-state index in [1.165, 1.54) is 6.20 Å². The highest BCUT2D eigenvalue weighted by Crippen LogP contribution is 2.10. The molecule has 0 unspecified atom stereocenters. The number of nitriles is 1. The number of nitrogens with zero attached hydrogens (tertiary/aromatic N) is 3. The standard InChI is InChI=1S/C10H12N4O2/c11-5-9-10(13-3-2-12-9)14-6-8-1-4-15-7-16-8/h2-3,8H,1,4,6-7H2,(H,13,14)/t8-/m0/s1. The van der Waals surface area contributed by atoms with E-state index in [1.54, 1.807) is 6.20 Å². The van der Waals surface area contributed by atoms with Crippen LogP contribution in [0.15, 0.2) is 12.4 Å². The van der Waals surface area contributed by atoms with Gasteiger partial charge >= 0.3 is 0 Å². The smallest absolute Gasteiger partial charge is 0.182 e. The first-order valence-electron chi connectivity index (χ1n) is 5.04. The van der Waals surface area contributed by atoms with Gasteiger partial charge in [-0.15, -0.1) is 0 Å². The summed E-state index contributed by atoms with van der Waals surface area (Å²) in [4.78, 5) is 7.96. The number of hydrogen-bond acceptors (Lipinski definition) is 6. The molecule has 2 heterocycles. The van der Waals surface area contributed by atoms with Gasteiger partial charge in [0.2, 0.25) is 0 Å².